The number of carbonyl (C=O) groups excluding carboxylic acids is 1. The van der Waals surface area contributed by atoms with Gasteiger partial charge in [-0.15, -0.1) is 0 Å². The summed E-state index contributed by atoms with van der Waals surface area (Å²) in [4.78, 5) is 16.0. The van der Waals surface area contributed by atoms with Crippen LogP contribution >= 0.6 is 11.8 Å². The first-order chi connectivity index (χ1) is 11.1. The van der Waals surface area contributed by atoms with E-state index in [1.54, 1.807) is 37.4 Å². The van der Waals surface area contributed by atoms with E-state index in [-0.39, 0.29) is 5.78 Å². The monoisotopic (exact) mass is 333 g/mol. The lowest BCUT2D eigenvalue weighted by Gasteiger charge is -2.03. The molecule has 0 aliphatic rings. The summed E-state index contributed by atoms with van der Waals surface area (Å²) in [5.41, 5.74) is 1.59. The van der Waals surface area contributed by atoms with Gasteiger partial charge in [-0.05, 0) is 36.4 Å². The lowest BCUT2D eigenvalue weighted by atomic mass is 10.1. The van der Waals surface area contributed by atoms with Gasteiger partial charge in [-0.25, -0.2) is 0 Å². The number of carbonyl (C=O) groups is 1. The molecule has 0 saturated heterocycles. The molecule has 3 aromatic rings. The topological polar surface area (TPSA) is 42.1 Å². The number of rotatable bonds is 5. The Morgan fingerprint density at radius 1 is 1.17 bits per heavy atom. The molecule has 0 bridgehead atoms. The van der Waals surface area contributed by atoms with E-state index < -0.39 is 5.76 Å². The minimum absolute atomic E-state index is 0.239. The summed E-state index contributed by atoms with van der Waals surface area (Å²) in [7, 11) is 1.58. The van der Waals surface area contributed by atoms with Gasteiger partial charge in [0.25, 0.3) is 5.76 Å². The molecule has 0 saturated carbocycles. The van der Waals surface area contributed by atoms with E-state index in [0.717, 1.165) is 10.9 Å². The largest absolute Gasteiger partial charge is 0.497 e. The fourth-order valence-corrected chi connectivity index (χ4v) is 2.89. The lowest BCUT2D eigenvalue weighted by Crippen LogP contribution is -2.01. The highest BCUT2D eigenvalue weighted by Gasteiger charge is 2.14. The molecule has 0 fully saturated rings. The van der Waals surface area contributed by atoms with Crippen molar-refractivity contribution in [3.05, 3.63) is 59.8 Å². The van der Waals surface area contributed by atoms with Crippen LogP contribution in [0.15, 0.2) is 53.4 Å². The number of H-pyrrole nitrogens is 1. The molecule has 1 N–H and O–H groups in total. The molecule has 0 aliphatic carbocycles. The fourth-order valence-electron chi connectivity index (χ4n) is 2.33. The van der Waals surface area contributed by atoms with Crippen LogP contribution in [0.4, 0.5) is 8.78 Å². The van der Waals surface area contributed by atoms with E-state index >= 15 is 0 Å². The lowest BCUT2D eigenvalue weighted by molar-refractivity contribution is 0.103. The molecule has 1 aromatic heterocycles. The number of aromatic nitrogens is 1. The number of thioether (sulfide) groups is 1. The molecule has 0 aliphatic heterocycles. The Bertz CT molecular complexity index is 861. The van der Waals surface area contributed by atoms with Crippen LogP contribution in [0.25, 0.3) is 10.9 Å². The van der Waals surface area contributed by atoms with Crippen molar-refractivity contribution in [3.63, 3.8) is 0 Å². The van der Waals surface area contributed by atoms with Crippen molar-refractivity contribution in [2.75, 3.05) is 7.11 Å². The number of benzene rings is 2. The Morgan fingerprint density at radius 2 is 2.00 bits per heavy atom. The zero-order valence-electron chi connectivity index (χ0n) is 12.2. The zero-order valence-corrected chi connectivity index (χ0v) is 13.0. The first-order valence-corrected chi connectivity index (χ1v) is 7.71. The Balaban J connectivity index is 1.93. The standard InChI is InChI=1S/C17H13F2NO2S/c1-22-12-5-6-14-11(7-12)9-15(20-14)16(21)10-3-2-4-13(8-10)23-17(18)19/h2-9,17,20H,1H3. The Hall–Kier alpha value is -2.34. The van der Waals surface area contributed by atoms with Crippen molar-refractivity contribution in [1.82, 2.24) is 4.98 Å². The van der Waals surface area contributed by atoms with Crippen LogP contribution < -0.4 is 4.74 Å². The number of hydrogen-bond acceptors (Lipinski definition) is 3. The number of methoxy groups -OCH3 is 1. The maximum Gasteiger partial charge on any atom is 0.288 e. The maximum absolute atomic E-state index is 12.5. The molecule has 1 heterocycles. The summed E-state index contributed by atoms with van der Waals surface area (Å²) < 4.78 is 30.1. The zero-order chi connectivity index (χ0) is 16.4. The first-order valence-electron chi connectivity index (χ1n) is 6.83. The summed E-state index contributed by atoms with van der Waals surface area (Å²) >= 11 is 0.423. The van der Waals surface area contributed by atoms with Crippen molar-refractivity contribution < 1.29 is 18.3 Å². The third-order valence-electron chi connectivity index (χ3n) is 3.39. The third-order valence-corrected chi connectivity index (χ3v) is 4.10. The second-order valence-corrected chi connectivity index (χ2v) is 5.94. The molecule has 118 valence electrons. The summed E-state index contributed by atoms with van der Waals surface area (Å²) in [6, 6.07) is 13.4. The van der Waals surface area contributed by atoms with Gasteiger partial charge in [0, 0.05) is 21.4 Å². The van der Waals surface area contributed by atoms with Gasteiger partial charge in [0.2, 0.25) is 5.78 Å². The first kappa shape index (κ1) is 15.6. The number of ketones is 1. The van der Waals surface area contributed by atoms with Crippen molar-refractivity contribution >= 4 is 28.4 Å². The second-order valence-electron chi connectivity index (χ2n) is 4.87. The van der Waals surface area contributed by atoms with Gasteiger partial charge in [-0.2, -0.15) is 8.78 Å². The summed E-state index contributed by atoms with van der Waals surface area (Å²) in [6.07, 6.45) is 0. The van der Waals surface area contributed by atoms with Crippen molar-refractivity contribution in [1.29, 1.82) is 0 Å². The highest BCUT2D eigenvalue weighted by Crippen LogP contribution is 2.27. The average molecular weight is 333 g/mol. The van der Waals surface area contributed by atoms with Gasteiger partial charge >= 0.3 is 0 Å². The van der Waals surface area contributed by atoms with Crippen LogP contribution in [0.5, 0.6) is 5.75 Å². The number of alkyl halides is 2. The van der Waals surface area contributed by atoms with E-state index in [1.807, 2.05) is 12.1 Å². The highest BCUT2D eigenvalue weighted by atomic mass is 32.2. The molecule has 0 unspecified atom stereocenters. The molecule has 3 nitrogen and oxygen atoms in total. The molecule has 0 amide bonds. The average Bonchev–Trinajstić information content (AvgIpc) is 2.96. The van der Waals surface area contributed by atoms with Crippen LogP contribution in [-0.4, -0.2) is 23.6 Å². The number of halogens is 2. The van der Waals surface area contributed by atoms with Crippen LogP contribution in [0.1, 0.15) is 16.1 Å². The SMILES string of the molecule is COc1ccc2[nH]c(C(=O)c3cccc(SC(F)F)c3)cc2c1. The predicted octanol–water partition coefficient (Wildman–Crippen LogP) is 4.72. The summed E-state index contributed by atoms with van der Waals surface area (Å²) in [5.74, 6) is -2.05. The quantitative estimate of drug-likeness (QED) is 0.542. The number of fused-ring (bicyclic) bond motifs is 1. The molecule has 23 heavy (non-hydrogen) atoms. The van der Waals surface area contributed by atoms with Crippen LogP contribution in [-0.2, 0) is 0 Å². The number of nitrogens with one attached hydrogen (secondary N) is 1. The molecule has 0 atom stereocenters. The fraction of sp³-hybridized carbons (Fsp3) is 0.118. The molecule has 2 aromatic carbocycles. The van der Waals surface area contributed by atoms with E-state index in [2.05, 4.69) is 4.98 Å². The Labute approximate surface area is 135 Å². The van der Waals surface area contributed by atoms with E-state index in [4.69, 9.17) is 4.74 Å². The minimum Gasteiger partial charge on any atom is -0.497 e. The minimum atomic E-state index is -2.51. The molecular formula is C17H13F2NO2S. The molecule has 0 spiro atoms. The van der Waals surface area contributed by atoms with Gasteiger partial charge in [0.05, 0.1) is 12.8 Å². The summed E-state index contributed by atoms with van der Waals surface area (Å²) in [5, 5.41) is 0.853. The second kappa shape index (κ2) is 6.42. The summed E-state index contributed by atoms with van der Waals surface area (Å²) in [6.45, 7) is 0. The van der Waals surface area contributed by atoms with Crippen molar-refractivity contribution in [2.45, 2.75) is 10.7 Å². The number of aromatic amines is 1. The van der Waals surface area contributed by atoms with Crippen molar-refractivity contribution in [3.8, 4) is 5.75 Å². The molecular weight excluding hydrogens is 320 g/mol. The number of hydrogen-bond donors (Lipinski definition) is 1. The Kier molecular flexibility index (Phi) is 4.34. The maximum atomic E-state index is 12.5. The van der Waals surface area contributed by atoms with E-state index in [0.29, 0.717) is 33.7 Å². The van der Waals surface area contributed by atoms with Gasteiger partial charge in [-0.1, -0.05) is 23.9 Å². The van der Waals surface area contributed by atoms with Crippen LogP contribution in [0, 0.1) is 0 Å². The highest BCUT2D eigenvalue weighted by molar-refractivity contribution is 7.99. The third kappa shape index (κ3) is 3.37. The normalized spacial score (nSPS) is 11.1. The van der Waals surface area contributed by atoms with Crippen LogP contribution in [0.2, 0.25) is 0 Å². The van der Waals surface area contributed by atoms with Crippen LogP contribution in [0.3, 0.4) is 0 Å². The van der Waals surface area contributed by atoms with E-state index in [1.165, 1.54) is 6.07 Å². The van der Waals surface area contributed by atoms with Gasteiger partial charge in [0.1, 0.15) is 5.75 Å². The van der Waals surface area contributed by atoms with Crippen molar-refractivity contribution in [2.24, 2.45) is 0 Å². The van der Waals surface area contributed by atoms with Gasteiger partial charge in [-0.3, -0.25) is 4.79 Å². The Morgan fingerprint density at radius 3 is 2.74 bits per heavy atom. The molecule has 3 rings (SSSR count). The van der Waals surface area contributed by atoms with Gasteiger partial charge < -0.3 is 9.72 Å². The van der Waals surface area contributed by atoms with Gasteiger partial charge in [0.15, 0.2) is 0 Å². The molecule has 0 radical (unpaired) electrons. The number of ether oxygens (including phenoxy) is 1. The molecule has 6 heteroatoms. The van der Waals surface area contributed by atoms with E-state index in [9.17, 15) is 13.6 Å². The smallest absolute Gasteiger partial charge is 0.288 e. The predicted molar refractivity (Wildman–Crippen MR) is 86.6 cm³/mol.